The Hall–Kier alpha value is -2.42. The van der Waals surface area contributed by atoms with Crippen molar-refractivity contribution in [1.29, 1.82) is 0 Å². The van der Waals surface area contributed by atoms with Gasteiger partial charge in [-0.1, -0.05) is 72.2 Å². The molecule has 0 fully saturated rings. The van der Waals surface area contributed by atoms with Crippen LogP contribution in [0.3, 0.4) is 0 Å². The zero-order chi connectivity index (χ0) is 14.7. The van der Waals surface area contributed by atoms with Crippen molar-refractivity contribution in [2.24, 2.45) is 0 Å². The number of hydrogen-bond donors (Lipinski definition) is 0. The van der Waals surface area contributed by atoms with E-state index in [1.165, 1.54) is 12.1 Å². The molecule has 0 spiro atoms. The Balaban J connectivity index is 2.22. The van der Waals surface area contributed by atoms with Crippen molar-refractivity contribution >= 4 is 23.1 Å². The first kappa shape index (κ1) is 13.6. The molecule has 102 valence electrons. The lowest BCUT2D eigenvalue weighted by Gasteiger charge is -2.16. The first-order valence-electron chi connectivity index (χ1n) is 6.81. The SMILES string of the molecule is Fc1ccccc1B(c1ccccc1)c1ccccc1F. The molecule has 0 aliphatic heterocycles. The lowest BCUT2D eigenvalue weighted by atomic mass is 9.36. The minimum absolute atomic E-state index is 0.324. The summed E-state index contributed by atoms with van der Waals surface area (Å²) in [6, 6.07) is 22.5. The summed E-state index contributed by atoms with van der Waals surface area (Å²) in [5.41, 5.74) is 1.83. The second kappa shape index (κ2) is 5.92. The minimum Gasteiger partial charge on any atom is -0.208 e. The zero-order valence-electron chi connectivity index (χ0n) is 11.3. The van der Waals surface area contributed by atoms with Crippen LogP contribution in [0.4, 0.5) is 8.78 Å². The summed E-state index contributed by atoms with van der Waals surface area (Å²) in [5.74, 6) is -0.649. The minimum atomic E-state index is -0.450. The van der Waals surface area contributed by atoms with Crippen LogP contribution in [0, 0.1) is 11.6 Å². The van der Waals surface area contributed by atoms with Gasteiger partial charge in [0, 0.05) is 0 Å². The molecule has 3 rings (SSSR count). The number of halogens is 2. The van der Waals surface area contributed by atoms with Crippen LogP contribution in [0.2, 0.25) is 0 Å². The van der Waals surface area contributed by atoms with Gasteiger partial charge < -0.3 is 0 Å². The Morgan fingerprint density at radius 2 is 0.952 bits per heavy atom. The lowest BCUT2D eigenvalue weighted by molar-refractivity contribution is 0.633. The van der Waals surface area contributed by atoms with Gasteiger partial charge in [0.05, 0.1) is 0 Å². The maximum absolute atomic E-state index is 14.2. The maximum Gasteiger partial charge on any atom is 0.248 e. The molecule has 3 heteroatoms. The van der Waals surface area contributed by atoms with Crippen molar-refractivity contribution in [2.75, 3.05) is 0 Å². The Labute approximate surface area is 123 Å². The van der Waals surface area contributed by atoms with E-state index >= 15 is 0 Å². The molecule has 0 saturated heterocycles. The summed E-state index contributed by atoms with van der Waals surface area (Å²) < 4.78 is 28.4. The second-order valence-corrected chi connectivity index (χ2v) is 4.89. The van der Waals surface area contributed by atoms with Crippen molar-refractivity contribution < 1.29 is 8.78 Å². The summed E-state index contributed by atoms with van der Waals surface area (Å²) >= 11 is 0. The van der Waals surface area contributed by atoms with Crippen molar-refractivity contribution in [1.82, 2.24) is 0 Å². The normalized spacial score (nSPS) is 10.4. The molecule has 0 nitrogen and oxygen atoms in total. The van der Waals surface area contributed by atoms with Crippen LogP contribution in [0.15, 0.2) is 78.9 Å². The van der Waals surface area contributed by atoms with Crippen LogP contribution < -0.4 is 16.4 Å². The molecule has 21 heavy (non-hydrogen) atoms. The second-order valence-electron chi connectivity index (χ2n) is 4.89. The topological polar surface area (TPSA) is 0 Å². The van der Waals surface area contributed by atoms with Crippen LogP contribution in [0.5, 0.6) is 0 Å². The first-order chi connectivity index (χ1) is 10.3. The third kappa shape index (κ3) is 2.73. The van der Waals surface area contributed by atoms with E-state index in [0.29, 0.717) is 10.9 Å². The van der Waals surface area contributed by atoms with Crippen molar-refractivity contribution in [3.63, 3.8) is 0 Å². The Bertz CT molecular complexity index is 695. The molecule has 0 unspecified atom stereocenters. The van der Waals surface area contributed by atoms with E-state index in [-0.39, 0.29) is 11.6 Å². The zero-order valence-corrected chi connectivity index (χ0v) is 11.3. The van der Waals surface area contributed by atoms with Gasteiger partial charge in [-0.3, -0.25) is 0 Å². The van der Waals surface area contributed by atoms with Crippen LogP contribution in [-0.4, -0.2) is 6.71 Å². The van der Waals surface area contributed by atoms with Crippen molar-refractivity contribution in [3.8, 4) is 0 Å². The molecular formula is C18H13BF2. The van der Waals surface area contributed by atoms with Gasteiger partial charge in [-0.2, -0.15) is 0 Å². The fourth-order valence-electron chi connectivity index (χ4n) is 2.59. The van der Waals surface area contributed by atoms with Crippen molar-refractivity contribution in [2.45, 2.75) is 0 Å². The predicted molar refractivity (Wildman–Crippen MR) is 83.9 cm³/mol. The van der Waals surface area contributed by atoms with E-state index < -0.39 is 6.71 Å². The standard InChI is InChI=1S/C18H13BF2/c20-17-12-6-4-10-15(17)19(14-8-2-1-3-9-14)16-11-5-7-13-18(16)21/h1-13H. The molecule has 3 aromatic carbocycles. The molecule has 0 radical (unpaired) electrons. The molecule has 0 aliphatic carbocycles. The highest BCUT2D eigenvalue weighted by atomic mass is 19.1. The molecule has 0 amide bonds. The highest BCUT2D eigenvalue weighted by molar-refractivity contribution is 6.95. The van der Waals surface area contributed by atoms with Gasteiger partial charge in [0.25, 0.3) is 0 Å². The third-order valence-corrected chi connectivity index (χ3v) is 3.57. The van der Waals surface area contributed by atoms with E-state index in [1.807, 2.05) is 30.3 Å². The van der Waals surface area contributed by atoms with Gasteiger partial charge in [-0.05, 0) is 23.1 Å². The Morgan fingerprint density at radius 3 is 1.43 bits per heavy atom. The first-order valence-corrected chi connectivity index (χ1v) is 6.81. The maximum atomic E-state index is 14.2. The van der Waals surface area contributed by atoms with Gasteiger partial charge in [0.15, 0.2) is 0 Å². The predicted octanol–water partition coefficient (Wildman–Crippen LogP) is 2.48. The average Bonchev–Trinajstić information content (AvgIpc) is 2.52. The largest absolute Gasteiger partial charge is 0.248 e. The Morgan fingerprint density at radius 1 is 0.524 bits per heavy atom. The van der Waals surface area contributed by atoms with Gasteiger partial charge in [0.1, 0.15) is 11.6 Å². The molecule has 0 saturated carbocycles. The van der Waals surface area contributed by atoms with Crippen LogP contribution in [0.1, 0.15) is 0 Å². The highest BCUT2D eigenvalue weighted by Gasteiger charge is 2.26. The van der Waals surface area contributed by atoms with E-state index in [9.17, 15) is 8.78 Å². The summed E-state index contributed by atoms with van der Waals surface area (Å²) in [5, 5.41) is 0. The van der Waals surface area contributed by atoms with Crippen LogP contribution >= 0.6 is 0 Å². The molecule has 3 aromatic rings. The third-order valence-electron chi connectivity index (χ3n) is 3.57. The summed E-state index contributed by atoms with van der Waals surface area (Å²) in [6.45, 7) is -0.450. The van der Waals surface area contributed by atoms with E-state index in [0.717, 1.165) is 5.46 Å². The summed E-state index contributed by atoms with van der Waals surface area (Å²) in [6.07, 6.45) is 0. The van der Waals surface area contributed by atoms with Gasteiger partial charge in [0.2, 0.25) is 6.71 Å². The fraction of sp³-hybridized carbons (Fsp3) is 0. The molecule has 0 bridgehead atoms. The van der Waals surface area contributed by atoms with E-state index in [1.54, 1.807) is 36.4 Å². The summed E-state index contributed by atoms with van der Waals surface area (Å²) in [7, 11) is 0. The smallest absolute Gasteiger partial charge is 0.208 e. The van der Waals surface area contributed by atoms with Gasteiger partial charge >= 0.3 is 0 Å². The number of hydrogen-bond acceptors (Lipinski definition) is 0. The molecule has 0 N–H and O–H groups in total. The van der Waals surface area contributed by atoms with E-state index in [2.05, 4.69) is 0 Å². The highest BCUT2D eigenvalue weighted by Crippen LogP contribution is 2.02. The monoisotopic (exact) mass is 278 g/mol. The van der Waals surface area contributed by atoms with Crippen molar-refractivity contribution in [3.05, 3.63) is 90.5 Å². The fourth-order valence-corrected chi connectivity index (χ4v) is 2.59. The Kier molecular flexibility index (Phi) is 3.82. The van der Waals surface area contributed by atoms with Crippen LogP contribution in [0.25, 0.3) is 0 Å². The molecule has 0 atom stereocenters. The quantitative estimate of drug-likeness (QED) is 0.646. The number of benzene rings is 3. The molecular weight excluding hydrogens is 265 g/mol. The molecule has 0 heterocycles. The average molecular weight is 278 g/mol. The number of rotatable bonds is 3. The van der Waals surface area contributed by atoms with Crippen LogP contribution in [-0.2, 0) is 0 Å². The lowest BCUT2D eigenvalue weighted by Crippen LogP contribution is -2.54. The van der Waals surface area contributed by atoms with E-state index in [4.69, 9.17) is 0 Å². The van der Waals surface area contributed by atoms with Gasteiger partial charge in [-0.25, -0.2) is 8.78 Å². The van der Waals surface area contributed by atoms with Gasteiger partial charge in [-0.15, -0.1) is 0 Å². The molecule has 0 aromatic heterocycles. The summed E-state index contributed by atoms with van der Waals surface area (Å²) in [4.78, 5) is 0. The molecule has 0 aliphatic rings.